The van der Waals surface area contributed by atoms with Crippen molar-refractivity contribution in [3.05, 3.63) is 65.3 Å². The first-order valence-corrected chi connectivity index (χ1v) is 11.3. The Kier molecular flexibility index (Phi) is 5.64. The highest BCUT2D eigenvalue weighted by Crippen LogP contribution is 2.30. The maximum atomic E-state index is 12.8. The van der Waals surface area contributed by atoms with Gasteiger partial charge in [-0.1, -0.05) is 36.4 Å². The SMILES string of the molecule is O=C(c1nnc(CC2CCN(CC(F)(F)F)C2=O)o1)c1nc2ccc(-c3ccccc3)cc2s1. The molecule has 1 aliphatic rings. The van der Waals surface area contributed by atoms with Gasteiger partial charge >= 0.3 is 6.18 Å². The molecule has 11 heteroatoms. The van der Waals surface area contributed by atoms with Gasteiger partial charge in [-0.2, -0.15) is 13.2 Å². The van der Waals surface area contributed by atoms with Gasteiger partial charge in [0.05, 0.1) is 10.2 Å². The van der Waals surface area contributed by atoms with E-state index in [0.717, 1.165) is 20.7 Å². The molecule has 0 radical (unpaired) electrons. The van der Waals surface area contributed by atoms with Crippen LogP contribution >= 0.6 is 11.3 Å². The van der Waals surface area contributed by atoms with Crippen molar-refractivity contribution in [2.45, 2.75) is 19.0 Å². The summed E-state index contributed by atoms with van der Waals surface area (Å²) in [6, 6.07) is 15.5. The summed E-state index contributed by atoms with van der Waals surface area (Å²) >= 11 is 1.20. The minimum Gasteiger partial charge on any atom is -0.418 e. The zero-order chi connectivity index (χ0) is 23.9. The molecule has 1 atom stereocenters. The van der Waals surface area contributed by atoms with E-state index in [1.807, 2.05) is 48.5 Å². The van der Waals surface area contributed by atoms with Gasteiger partial charge in [-0.15, -0.1) is 21.5 Å². The number of amides is 1. The Hall–Kier alpha value is -3.60. The summed E-state index contributed by atoms with van der Waals surface area (Å²) in [5.41, 5.74) is 2.70. The van der Waals surface area contributed by atoms with E-state index in [0.29, 0.717) is 5.52 Å². The molecule has 1 aliphatic heterocycles. The molecular formula is C23H17F3N4O3S. The van der Waals surface area contributed by atoms with Gasteiger partial charge in [0.1, 0.15) is 6.54 Å². The third kappa shape index (κ3) is 4.56. The Bertz CT molecular complexity index is 1370. The van der Waals surface area contributed by atoms with Gasteiger partial charge in [-0.05, 0) is 29.7 Å². The Morgan fingerprint density at radius 2 is 1.91 bits per heavy atom. The third-order valence-corrected chi connectivity index (χ3v) is 6.57. The third-order valence-electron chi connectivity index (χ3n) is 5.55. The molecule has 1 amide bonds. The van der Waals surface area contributed by atoms with E-state index >= 15 is 0 Å². The maximum absolute atomic E-state index is 12.8. The van der Waals surface area contributed by atoms with Crippen LogP contribution in [0.2, 0.25) is 0 Å². The molecule has 1 fully saturated rings. The Morgan fingerprint density at radius 3 is 2.68 bits per heavy atom. The molecule has 0 aliphatic carbocycles. The van der Waals surface area contributed by atoms with E-state index in [4.69, 9.17) is 4.42 Å². The van der Waals surface area contributed by atoms with Crippen molar-refractivity contribution in [1.29, 1.82) is 0 Å². The molecule has 34 heavy (non-hydrogen) atoms. The number of halogens is 3. The predicted molar refractivity (Wildman–Crippen MR) is 117 cm³/mol. The van der Waals surface area contributed by atoms with Crippen LogP contribution in [0.5, 0.6) is 0 Å². The first kappa shape index (κ1) is 22.2. The van der Waals surface area contributed by atoms with Gasteiger partial charge in [-0.25, -0.2) is 4.98 Å². The second-order valence-electron chi connectivity index (χ2n) is 7.96. The van der Waals surface area contributed by atoms with Crippen molar-refractivity contribution >= 4 is 33.2 Å². The predicted octanol–water partition coefficient (Wildman–Crippen LogP) is 4.53. The summed E-state index contributed by atoms with van der Waals surface area (Å²) in [6.45, 7) is -1.26. The average Bonchev–Trinajstić information content (AvgIpc) is 3.53. The number of rotatable bonds is 6. The summed E-state index contributed by atoms with van der Waals surface area (Å²) in [7, 11) is 0. The lowest BCUT2D eigenvalue weighted by molar-refractivity contribution is -0.158. The first-order chi connectivity index (χ1) is 16.3. The van der Waals surface area contributed by atoms with Crippen LogP contribution in [0.1, 0.15) is 28.0 Å². The lowest BCUT2D eigenvalue weighted by atomic mass is 10.0. The topological polar surface area (TPSA) is 89.2 Å². The molecule has 1 unspecified atom stereocenters. The molecule has 5 rings (SSSR count). The standard InChI is InChI=1S/C23H17F3N4O3S/c24-23(25,26)12-30-9-8-15(22(30)32)11-18-28-29-20(33-18)19(31)21-27-16-7-6-14(10-17(16)34-21)13-4-2-1-3-5-13/h1-7,10,15H,8-9,11-12H2. The van der Waals surface area contributed by atoms with E-state index in [1.54, 1.807) is 0 Å². The Labute approximate surface area is 195 Å². The second kappa shape index (κ2) is 8.64. The van der Waals surface area contributed by atoms with Crippen molar-refractivity contribution < 1.29 is 27.2 Å². The van der Waals surface area contributed by atoms with Crippen LogP contribution < -0.4 is 0 Å². The molecule has 174 valence electrons. The van der Waals surface area contributed by atoms with Gasteiger partial charge in [0.2, 0.25) is 11.8 Å². The van der Waals surface area contributed by atoms with Gasteiger partial charge in [0.25, 0.3) is 11.7 Å². The van der Waals surface area contributed by atoms with Crippen LogP contribution in [-0.4, -0.2) is 51.0 Å². The van der Waals surface area contributed by atoms with E-state index in [-0.39, 0.29) is 36.2 Å². The highest BCUT2D eigenvalue weighted by atomic mass is 32.1. The Balaban J connectivity index is 1.30. The number of benzene rings is 2. The summed E-state index contributed by atoms with van der Waals surface area (Å²) in [6.07, 6.45) is -4.22. The lowest BCUT2D eigenvalue weighted by Crippen LogP contribution is -2.36. The van der Waals surface area contributed by atoms with Crippen LogP contribution in [0.3, 0.4) is 0 Å². The number of likely N-dealkylation sites (tertiary alicyclic amines) is 1. The first-order valence-electron chi connectivity index (χ1n) is 10.5. The maximum Gasteiger partial charge on any atom is 0.406 e. The van der Waals surface area contributed by atoms with E-state index in [9.17, 15) is 22.8 Å². The number of nitrogens with zero attached hydrogens (tertiary/aromatic N) is 4. The van der Waals surface area contributed by atoms with Crippen LogP contribution in [0.15, 0.2) is 52.9 Å². The quantitative estimate of drug-likeness (QED) is 0.372. The van der Waals surface area contributed by atoms with Gasteiger partial charge < -0.3 is 9.32 Å². The van der Waals surface area contributed by atoms with E-state index in [1.165, 1.54) is 11.3 Å². The summed E-state index contributed by atoms with van der Waals surface area (Å²) in [4.78, 5) is 30.2. The number of alkyl halides is 3. The molecule has 0 bridgehead atoms. The number of fused-ring (bicyclic) bond motifs is 1. The number of thiazole rings is 1. The molecule has 2 aromatic carbocycles. The molecule has 1 saturated heterocycles. The highest BCUT2D eigenvalue weighted by Gasteiger charge is 2.40. The molecule has 2 aromatic heterocycles. The molecule has 0 spiro atoms. The summed E-state index contributed by atoms with van der Waals surface area (Å²) in [5, 5.41) is 7.77. The highest BCUT2D eigenvalue weighted by molar-refractivity contribution is 7.20. The molecule has 3 heterocycles. The smallest absolute Gasteiger partial charge is 0.406 e. The zero-order valence-corrected chi connectivity index (χ0v) is 18.4. The van der Waals surface area contributed by atoms with Crippen molar-refractivity contribution in [2.24, 2.45) is 5.92 Å². The number of carbonyl (C=O) groups excluding carboxylic acids is 2. The second-order valence-corrected chi connectivity index (χ2v) is 8.99. The van der Waals surface area contributed by atoms with E-state index in [2.05, 4.69) is 15.2 Å². The van der Waals surface area contributed by atoms with Gasteiger partial charge in [0, 0.05) is 18.9 Å². The zero-order valence-electron chi connectivity index (χ0n) is 17.6. The van der Waals surface area contributed by atoms with Crippen LogP contribution in [0.4, 0.5) is 13.2 Å². The molecule has 4 aromatic rings. The van der Waals surface area contributed by atoms with Gasteiger partial charge in [-0.3, -0.25) is 9.59 Å². The minimum atomic E-state index is -4.45. The fourth-order valence-corrected chi connectivity index (χ4v) is 4.86. The van der Waals surface area contributed by atoms with Crippen molar-refractivity contribution in [2.75, 3.05) is 13.1 Å². The largest absolute Gasteiger partial charge is 0.418 e. The number of aromatic nitrogens is 3. The molecule has 0 saturated carbocycles. The van der Waals surface area contributed by atoms with Crippen molar-refractivity contribution in [1.82, 2.24) is 20.1 Å². The van der Waals surface area contributed by atoms with E-state index < -0.39 is 30.3 Å². The number of hydrogen-bond donors (Lipinski definition) is 0. The minimum absolute atomic E-state index is 0.0135. The lowest BCUT2D eigenvalue weighted by Gasteiger charge is -2.18. The number of hydrogen-bond acceptors (Lipinski definition) is 7. The van der Waals surface area contributed by atoms with Crippen molar-refractivity contribution in [3.8, 4) is 11.1 Å². The molecular weight excluding hydrogens is 469 g/mol. The number of ketones is 1. The fourth-order valence-electron chi connectivity index (χ4n) is 3.93. The van der Waals surface area contributed by atoms with Gasteiger partial charge in [0.15, 0.2) is 5.01 Å². The average molecular weight is 486 g/mol. The monoisotopic (exact) mass is 486 g/mol. The van der Waals surface area contributed by atoms with Crippen molar-refractivity contribution in [3.63, 3.8) is 0 Å². The Morgan fingerprint density at radius 1 is 1.12 bits per heavy atom. The molecule has 7 nitrogen and oxygen atoms in total. The fraction of sp³-hybridized carbons (Fsp3) is 0.261. The number of carbonyl (C=O) groups is 2. The van der Waals surface area contributed by atoms with Crippen LogP contribution in [0, 0.1) is 5.92 Å². The summed E-state index contributed by atoms with van der Waals surface area (Å²) < 4.78 is 44.1. The van der Waals surface area contributed by atoms with Crippen LogP contribution in [-0.2, 0) is 11.2 Å². The molecule has 0 N–H and O–H groups in total. The summed E-state index contributed by atoms with van der Waals surface area (Å²) in [5.74, 6) is -2.08. The normalized spacial score (nSPS) is 16.5. The van der Waals surface area contributed by atoms with Crippen LogP contribution in [0.25, 0.3) is 21.3 Å².